The van der Waals surface area contributed by atoms with Crippen LogP contribution in [0.15, 0.2) is 60.9 Å². The fourth-order valence-corrected chi connectivity index (χ4v) is 2.51. The summed E-state index contributed by atoms with van der Waals surface area (Å²) in [5.41, 5.74) is 6.94. The summed E-state index contributed by atoms with van der Waals surface area (Å²) in [6, 6.07) is 13.4. The number of benzene rings is 2. The molecule has 0 spiro atoms. The maximum absolute atomic E-state index is 13.4. The molecule has 0 bridgehead atoms. The van der Waals surface area contributed by atoms with Crippen molar-refractivity contribution >= 4 is 22.4 Å². The lowest BCUT2D eigenvalue weighted by atomic mass is 9.98. The third kappa shape index (κ3) is 3.35. The number of fused-ring (bicyclic) bond motifs is 1. The van der Waals surface area contributed by atoms with Crippen molar-refractivity contribution in [2.75, 3.05) is 11.9 Å². The summed E-state index contributed by atoms with van der Waals surface area (Å²) >= 11 is 0. The molecule has 0 aliphatic carbocycles. The number of hydrogen-bond donors (Lipinski definition) is 2. The summed E-state index contributed by atoms with van der Waals surface area (Å²) in [6.07, 6.45) is 3.46. The molecule has 2 aromatic carbocycles. The van der Waals surface area contributed by atoms with Crippen LogP contribution in [0.2, 0.25) is 0 Å². The van der Waals surface area contributed by atoms with Crippen LogP contribution in [0.25, 0.3) is 10.8 Å². The zero-order chi connectivity index (χ0) is 16.2. The topological polar surface area (TPSA) is 68.0 Å². The van der Waals surface area contributed by atoms with E-state index >= 15 is 0 Å². The number of hydrogen-bond acceptors (Lipinski definition) is 3. The van der Waals surface area contributed by atoms with Crippen molar-refractivity contribution < 1.29 is 9.18 Å². The molecule has 4 nitrogen and oxygen atoms in total. The number of aromatic nitrogens is 1. The molecule has 23 heavy (non-hydrogen) atoms. The fraction of sp³-hybridized carbons (Fsp3) is 0.111. The number of nitrogens with zero attached hydrogens (tertiary/aromatic N) is 1. The first-order valence-electron chi connectivity index (χ1n) is 7.27. The highest BCUT2D eigenvalue weighted by atomic mass is 19.1. The Morgan fingerprint density at radius 2 is 2.04 bits per heavy atom. The maximum Gasteiger partial charge on any atom is 0.233 e. The Labute approximate surface area is 133 Å². The lowest BCUT2D eigenvalue weighted by Crippen LogP contribution is -2.27. The maximum atomic E-state index is 13.4. The van der Waals surface area contributed by atoms with E-state index in [4.69, 9.17) is 5.73 Å². The molecular weight excluding hydrogens is 293 g/mol. The molecule has 3 aromatic rings. The van der Waals surface area contributed by atoms with Crippen LogP contribution in [0.3, 0.4) is 0 Å². The molecule has 0 fully saturated rings. The smallest absolute Gasteiger partial charge is 0.233 e. The highest BCUT2D eigenvalue weighted by Gasteiger charge is 2.19. The van der Waals surface area contributed by atoms with Gasteiger partial charge >= 0.3 is 0 Å². The molecule has 0 saturated heterocycles. The first kappa shape index (κ1) is 15.1. The zero-order valence-corrected chi connectivity index (χ0v) is 12.4. The molecule has 3 N–H and O–H groups in total. The number of nitrogens with one attached hydrogen (secondary N) is 1. The number of carbonyl (C=O) groups excluding carboxylic acids is 1. The second-order valence-electron chi connectivity index (χ2n) is 5.27. The van der Waals surface area contributed by atoms with E-state index in [1.807, 2.05) is 18.2 Å². The van der Waals surface area contributed by atoms with Gasteiger partial charge in [-0.15, -0.1) is 0 Å². The molecule has 1 atom stereocenters. The number of anilines is 1. The Morgan fingerprint density at radius 3 is 2.83 bits per heavy atom. The normalized spacial score (nSPS) is 12.1. The molecule has 1 heterocycles. The van der Waals surface area contributed by atoms with Gasteiger partial charge in [0, 0.05) is 30.0 Å². The van der Waals surface area contributed by atoms with E-state index in [9.17, 15) is 9.18 Å². The lowest BCUT2D eigenvalue weighted by molar-refractivity contribution is -0.117. The fourth-order valence-electron chi connectivity index (χ4n) is 2.51. The Bertz CT molecular complexity index is 850. The highest BCUT2D eigenvalue weighted by molar-refractivity contribution is 5.98. The molecule has 0 aliphatic rings. The monoisotopic (exact) mass is 309 g/mol. The van der Waals surface area contributed by atoms with Crippen molar-refractivity contribution in [3.8, 4) is 0 Å². The average Bonchev–Trinajstić information content (AvgIpc) is 2.55. The summed E-state index contributed by atoms with van der Waals surface area (Å²) < 4.78 is 13.4. The van der Waals surface area contributed by atoms with Crippen LogP contribution >= 0.6 is 0 Å². The number of pyridine rings is 1. The van der Waals surface area contributed by atoms with Crippen molar-refractivity contribution in [1.82, 2.24) is 4.98 Å². The predicted molar refractivity (Wildman–Crippen MR) is 88.6 cm³/mol. The first-order valence-corrected chi connectivity index (χ1v) is 7.27. The van der Waals surface area contributed by atoms with E-state index in [0.717, 1.165) is 10.8 Å². The van der Waals surface area contributed by atoms with Gasteiger partial charge in [0.2, 0.25) is 5.91 Å². The van der Waals surface area contributed by atoms with E-state index in [0.29, 0.717) is 11.3 Å². The van der Waals surface area contributed by atoms with Gasteiger partial charge in [-0.1, -0.05) is 18.2 Å². The Balaban J connectivity index is 1.83. The van der Waals surface area contributed by atoms with Crippen LogP contribution in [0.5, 0.6) is 0 Å². The van der Waals surface area contributed by atoms with Crippen molar-refractivity contribution in [3.05, 3.63) is 72.3 Å². The van der Waals surface area contributed by atoms with Crippen molar-refractivity contribution in [1.29, 1.82) is 0 Å². The van der Waals surface area contributed by atoms with Gasteiger partial charge in [0.15, 0.2) is 0 Å². The predicted octanol–water partition coefficient (Wildman–Crippen LogP) is 3.05. The van der Waals surface area contributed by atoms with Crippen molar-refractivity contribution in [2.45, 2.75) is 5.92 Å². The van der Waals surface area contributed by atoms with Gasteiger partial charge in [-0.3, -0.25) is 9.78 Å². The Hall–Kier alpha value is -2.79. The van der Waals surface area contributed by atoms with Gasteiger partial charge < -0.3 is 11.1 Å². The molecule has 1 unspecified atom stereocenters. The largest absolute Gasteiger partial charge is 0.329 e. The number of rotatable bonds is 4. The highest BCUT2D eigenvalue weighted by Crippen LogP contribution is 2.21. The Morgan fingerprint density at radius 1 is 1.17 bits per heavy atom. The van der Waals surface area contributed by atoms with E-state index < -0.39 is 5.92 Å². The minimum absolute atomic E-state index is 0.104. The molecular formula is C18H16FN3O. The number of amides is 1. The third-order valence-electron chi connectivity index (χ3n) is 3.71. The molecule has 116 valence electrons. The van der Waals surface area contributed by atoms with E-state index in [2.05, 4.69) is 10.3 Å². The SMILES string of the molecule is NCC(C(=O)Nc1ccc2cnccc2c1)c1cccc(F)c1. The van der Waals surface area contributed by atoms with E-state index in [-0.39, 0.29) is 18.3 Å². The van der Waals surface area contributed by atoms with Crippen LogP contribution in [-0.4, -0.2) is 17.4 Å². The molecule has 0 saturated carbocycles. The van der Waals surface area contributed by atoms with Gasteiger partial charge in [0.25, 0.3) is 0 Å². The standard InChI is InChI=1S/C18H16FN3O/c19-15-3-1-2-13(8-15)17(10-20)18(23)22-16-5-4-14-11-21-7-6-12(14)9-16/h1-9,11,17H,10,20H2,(H,22,23). The number of halogens is 1. The van der Waals surface area contributed by atoms with Gasteiger partial charge in [0.1, 0.15) is 5.82 Å². The van der Waals surface area contributed by atoms with E-state index in [1.54, 1.807) is 30.6 Å². The summed E-state index contributed by atoms with van der Waals surface area (Å²) in [4.78, 5) is 16.5. The summed E-state index contributed by atoms with van der Waals surface area (Å²) in [5, 5.41) is 4.81. The van der Waals surface area contributed by atoms with Gasteiger partial charge in [0.05, 0.1) is 5.92 Å². The second kappa shape index (κ2) is 6.54. The van der Waals surface area contributed by atoms with Gasteiger partial charge in [-0.05, 0) is 41.3 Å². The average molecular weight is 309 g/mol. The summed E-state index contributed by atoms with van der Waals surface area (Å²) in [7, 11) is 0. The third-order valence-corrected chi connectivity index (χ3v) is 3.71. The lowest BCUT2D eigenvalue weighted by Gasteiger charge is -2.15. The van der Waals surface area contributed by atoms with Crippen LogP contribution in [0.1, 0.15) is 11.5 Å². The molecule has 0 radical (unpaired) electrons. The van der Waals surface area contributed by atoms with Crippen LogP contribution in [0, 0.1) is 5.82 Å². The van der Waals surface area contributed by atoms with Crippen molar-refractivity contribution in [2.24, 2.45) is 5.73 Å². The molecule has 0 aliphatic heterocycles. The Kier molecular flexibility index (Phi) is 4.30. The number of carbonyl (C=O) groups is 1. The zero-order valence-electron chi connectivity index (χ0n) is 12.4. The first-order chi connectivity index (χ1) is 11.2. The van der Waals surface area contributed by atoms with Gasteiger partial charge in [-0.25, -0.2) is 4.39 Å². The van der Waals surface area contributed by atoms with Gasteiger partial charge in [-0.2, -0.15) is 0 Å². The second-order valence-corrected chi connectivity index (χ2v) is 5.27. The summed E-state index contributed by atoms with van der Waals surface area (Å²) in [6.45, 7) is 0.104. The molecule has 3 rings (SSSR count). The van der Waals surface area contributed by atoms with Crippen LogP contribution in [-0.2, 0) is 4.79 Å². The van der Waals surface area contributed by atoms with Crippen LogP contribution in [0.4, 0.5) is 10.1 Å². The summed E-state index contributed by atoms with van der Waals surface area (Å²) in [5.74, 6) is -1.24. The molecule has 5 heteroatoms. The minimum atomic E-state index is -0.598. The van der Waals surface area contributed by atoms with Crippen LogP contribution < -0.4 is 11.1 Å². The van der Waals surface area contributed by atoms with E-state index in [1.165, 1.54) is 12.1 Å². The number of nitrogens with two attached hydrogens (primary N) is 1. The quantitative estimate of drug-likeness (QED) is 0.778. The molecule has 1 amide bonds. The molecule has 1 aromatic heterocycles. The minimum Gasteiger partial charge on any atom is -0.329 e. The van der Waals surface area contributed by atoms with Crippen molar-refractivity contribution in [3.63, 3.8) is 0 Å².